The normalized spacial score (nSPS) is 11.6. The average Bonchev–Trinajstić information content (AvgIpc) is 3.12. The molecule has 1 atom stereocenters. The molecular weight excluding hydrogens is 325 g/mol. The highest BCUT2D eigenvalue weighted by atomic mass is 19.1. The van der Waals surface area contributed by atoms with E-state index in [0.717, 1.165) is 0 Å². The summed E-state index contributed by atoms with van der Waals surface area (Å²) in [6.07, 6.45) is -0.759. The topological polar surface area (TPSA) is 89.0 Å². The molecular formula is C18H12FN3O3. The average molecular weight is 337 g/mol. The van der Waals surface area contributed by atoms with Gasteiger partial charge in [0, 0.05) is 5.56 Å². The summed E-state index contributed by atoms with van der Waals surface area (Å²) < 4.78 is 23.7. The number of esters is 1. The van der Waals surface area contributed by atoms with E-state index in [1.165, 1.54) is 48.5 Å². The van der Waals surface area contributed by atoms with Gasteiger partial charge in [-0.05, 0) is 55.5 Å². The van der Waals surface area contributed by atoms with E-state index in [9.17, 15) is 9.18 Å². The zero-order chi connectivity index (χ0) is 17.8. The van der Waals surface area contributed by atoms with Crippen LogP contribution in [0.25, 0.3) is 11.5 Å². The maximum Gasteiger partial charge on any atom is 0.338 e. The minimum atomic E-state index is -0.759. The Morgan fingerprint density at radius 2 is 1.84 bits per heavy atom. The van der Waals surface area contributed by atoms with Crippen molar-refractivity contribution < 1.29 is 18.3 Å². The molecule has 3 rings (SSSR count). The van der Waals surface area contributed by atoms with Gasteiger partial charge in [0.15, 0.2) is 6.10 Å². The Morgan fingerprint density at radius 1 is 1.16 bits per heavy atom. The maximum absolute atomic E-state index is 12.9. The van der Waals surface area contributed by atoms with E-state index in [0.29, 0.717) is 16.7 Å². The lowest BCUT2D eigenvalue weighted by molar-refractivity contribution is 0.0280. The van der Waals surface area contributed by atoms with Crippen molar-refractivity contribution in [1.82, 2.24) is 10.2 Å². The quantitative estimate of drug-likeness (QED) is 0.675. The standard InChI is InChI=1S/C18H12FN3O3/c1-11(24-18(23)14-4-2-12(10-20)3-5-14)16-21-22-17(25-16)13-6-8-15(19)9-7-13/h2-9,11H,1H3/t11-/m0/s1. The van der Waals surface area contributed by atoms with E-state index in [1.807, 2.05) is 6.07 Å². The lowest BCUT2D eigenvalue weighted by Gasteiger charge is -2.09. The molecule has 3 aromatic rings. The zero-order valence-corrected chi connectivity index (χ0v) is 13.1. The van der Waals surface area contributed by atoms with Crippen LogP contribution in [0.1, 0.15) is 34.8 Å². The molecule has 0 aliphatic rings. The molecule has 2 aromatic carbocycles. The lowest BCUT2D eigenvalue weighted by atomic mass is 10.1. The van der Waals surface area contributed by atoms with Crippen LogP contribution in [0.15, 0.2) is 52.9 Å². The van der Waals surface area contributed by atoms with Gasteiger partial charge in [0.25, 0.3) is 5.89 Å². The largest absolute Gasteiger partial charge is 0.449 e. The SMILES string of the molecule is C[C@H](OC(=O)c1ccc(C#N)cc1)c1nnc(-c2ccc(F)cc2)o1. The van der Waals surface area contributed by atoms with Gasteiger partial charge in [0.05, 0.1) is 17.2 Å². The van der Waals surface area contributed by atoms with Crippen molar-refractivity contribution in [2.45, 2.75) is 13.0 Å². The maximum atomic E-state index is 12.9. The van der Waals surface area contributed by atoms with Gasteiger partial charge in [0.1, 0.15) is 5.82 Å². The Hall–Kier alpha value is -3.53. The van der Waals surface area contributed by atoms with Crippen LogP contribution < -0.4 is 0 Å². The van der Waals surface area contributed by atoms with Crippen molar-refractivity contribution in [3.8, 4) is 17.5 Å². The van der Waals surface area contributed by atoms with Crippen LogP contribution in [0.3, 0.4) is 0 Å². The Labute approximate surface area is 142 Å². The van der Waals surface area contributed by atoms with Gasteiger partial charge in [-0.25, -0.2) is 9.18 Å². The molecule has 0 amide bonds. The number of benzene rings is 2. The van der Waals surface area contributed by atoms with Crippen molar-refractivity contribution in [2.24, 2.45) is 0 Å². The van der Waals surface area contributed by atoms with Crippen molar-refractivity contribution >= 4 is 5.97 Å². The van der Waals surface area contributed by atoms with E-state index >= 15 is 0 Å². The van der Waals surface area contributed by atoms with E-state index < -0.39 is 12.1 Å². The van der Waals surface area contributed by atoms with Crippen LogP contribution in [0.5, 0.6) is 0 Å². The van der Waals surface area contributed by atoms with Gasteiger partial charge in [-0.2, -0.15) is 5.26 Å². The second-order valence-electron chi connectivity index (χ2n) is 5.19. The molecule has 0 saturated heterocycles. The summed E-state index contributed by atoms with van der Waals surface area (Å²) in [5, 5.41) is 16.5. The Morgan fingerprint density at radius 3 is 2.48 bits per heavy atom. The lowest BCUT2D eigenvalue weighted by Crippen LogP contribution is -2.09. The summed E-state index contributed by atoms with van der Waals surface area (Å²) in [6, 6.07) is 13.6. The molecule has 0 fully saturated rings. The first-order chi connectivity index (χ1) is 12.1. The highest BCUT2D eigenvalue weighted by molar-refractivity contribution is 5.89. The first kappa shape index (κ1) is 16.3. The molecule has 0 unspecified atom stereocenters. The summed E-state index contributed by atoms with van der Waals surface area (Å²) in [5.74, 6) is -0.607. The molecule has 0 aliphatic heterocycles. The Balaban J connectivity index is 1.70. The van der Waals surface area contributed by atoms with Crippen molar-refractivity contribution in [3.63, 3.8) is 0 Å². The van der Waals surface area contributed by atoms with E-state index in [2.05, 4.69) is 10.2 Å². The third kappa shape index (κ3) is 3.70. The minimum Gasteiger partial charge on any atom is -0.449 e. The highest BCUT2D eigenvalue weighted by Crippen LogP contribution is 2.23. The van der Waals surface area contributed by atoms with E-state index in [-0.39, 0.29) is 17.6 Å². The van der Waals surface area contributed by atoms with Gasteiger partial charge < -0.3 is 9.15 Å². The number of hydrogen-bond acceptors (Lipinski definition) is 6. The second kappa shape index (κ2) is 6.93. The molecule has 0 saturated carbocycles. The van der Waals surface area contributed by atoms with Gasteiger partial charge in [-0.3, -0.25) is 0 Å². The number of nitriles is 1. The predicted molar refractivity (Wildman–Crippen MR) is 84.7 cm³/mol. The van der Waals surface area contributed by atoms with Crippen LogP contribution in [-0.2, 0) is 4.74 Å². The number of carbonyl (C=O) groups is 1. The van der Waals surface area contributed by atoms with Gasteiger partial charge >= 0.3 is 5.97 Å². The molecule has 0 aliphatic carbocycles. The van der Waals surface area contributed by atoms with Crippen LogP contribution in [0.4, 0.5) is 4.39 Å². The number of nitrogens with zero attached hydrogens (tertiary/aromatic N) is 3. The first-order valence-corrected chi connectivity index (χ1v) is 7.37. The Bertz CT molecular complexity index is 927. The molecule has 0 bridgehead atoms. The summed E-state index contributed by atoms with van der Waals surface area (Å²) in [6.45, 7) is 1.60. The fourth-order valence-corrected chi connectivity index (χ4v) is 2.07. The summed E-state index contributed by atoms with van der Waals surface area (Å²) in [7, 11) is 0. The second-order valence-corrected chi connectivity index (χ2v) is 5.19. The third-order valence-corrected chi connectivity index (χ3v) is 3.41. The number of carbonyl (C=O) groups excluding carboxylic acids is 1. The molecule has 1 heterocycles. The smallest absolute Gasteiger partial charge is 0.338 e. The van der Waals surface area contributed by atoms with Gasteiger partial charge in [0.2, 0.25) is 5.89 Å². The number of halogens is 1. The highest BCUT2D eigenvalue weighted by Gasteiger charge is 2.20. The van der Waals surface area contributed by atoms with Crippen LogP contribution in [-0.4, -0.2) is 16.2 Å². The molecule has 0 radical (unpaired) electrons. The number of rotatable bonds is 4. The van der Waals surface area contributed by atoms with Crippen molar-refractivity contribution in [2.75, 3.05) is 0 Å². The number of ether oxygens (including phenoxy) is 1. The monoisotopic (exact) mass is 337 g/mol. The van der Waals surface area contributed by atoms with Gasteiger partial charge in [-0.1, -0.05) is 0 Å². The number of aromatic nitrogens is 2. The summed E-state index contributed by atoms with van der Waals surface area (Å²) in [4.78, 5) is 12.1. The van der Waals surface area contributed by atoms with Crippen LogP contribution >= 0.6 is 0 Å². The third-order valence-electron chi connectivity index (χ3n) is 3.41. The van der Waals surface area contributed by atoms with Crippen LogP contribution in [0.2, 0.25) is 0 Å². The van der Waals surface area contributed by atoms with Crippen LogP contribution in [0, 0.1) is 17.1 Å². The molecule has 25 heavy (non-hydrogen) atoms. The van der Waals surface area contributed by atoms with E-state index in [1.54, 1.807) is 6.92 Å². The molecule has 0 spiro atoms. The molecule has 124 valence electrons. The molecule has 6 nitrogen and oxygen atoms in total. The fraction of sp³-hybridized carbons (Fsp3) is 0.111. The summed E-state index contributed by atoms with van der Waals surface area (Å²) in [5.41, 5.74) is 1.32. The van der Waals surface area contributed by atoms with Gasteiger partial charge in [-0.15, -0.1) is 10.2 Å². The zero-order valence-electron chi connectivity index (χ0n) is 13.1. The first-order valence-electron chi connectivity index (χ1n) is 7.37. The van der Waals surface area contributed by atoms with Crippen molar-refractivity contribution in [3.05, 3.63) is 71.4 Å². The fourth-order valence-electron chi connectivity index (χ4n) is 2.07. The van der Waals surface area contributed by atoms with Crippen molar-refractivity contribution in [1.29, 1.82) is 5.26 Å². The minimum absolute atomic E-state index is 0.126. The molecule has 7 heteroatoms. The Kier molecular flexibility index (Phi) is 4.53. The molecule has 0 N–H and O–H groups in total. The predicted octanol–water partition coefficient (Wildman–Crippen LogP) is 3.67. The molecule has 1 aromatic heterocycles. The summed E-state index contributed by atoms with van der Waals surface area (Å²) >= 11 is 0. The van der Waals surface area contributed by atoms with E-state index in [4.69, 9.17) is 14.4 Å². The number of hydrogen-bond donors (Lipinski definition) is 0.